The van der Waals surface area contributed by atoms with E-state index in [9.17, 15) is 0 Å². The van der Waals surface area contributed by atoms with Crippen LogP contribution in [0.4, 0.5) is 0 Å². The van der Waals surface area contributed by atoms with E-state index in [1.165, 1.54) is 4.88 Å². The minimum atomic E-state index is 0.345. The monoisotopic (exact) mass is 241 g/mol. The lowest BCUT2D eigenvalue weighted by atomic mass is 10.3. The SMILES string of the molecule is c1csc(CNCCCOC2CCOC2)c1. The molecule has 0 aliphatic carbocycles. The molecule has 1 aromatic heterocycles. The molecule has 0 aromatic carbocycles. The zero-order valence-electron chi connectivity index (χ0n) is 9.48. The molecule has 1 saturated heterocycles. The van der Waals surface area contributed by atoms with Crippen LogP contribution < -0.4 is 5.32 Å². The molecule has 1 aliphatic rings. The molecule has 3 nitrogen and oxygen atoms in total. The Labute approximate surface area is 101 Å². The van der Waals surface area contributed by atoms with Gasteiger partial charge < -0.3 is 14.8 Å². The van der Waals surface area contributed by atoms with Crippen LogP contribution in [0.3, 0.4) is 0 Å². The van der Waals surface area contributed by atoms with Crippen molar-refractivity contribution in [2.24, 2.45) is 0 Å². The molecular formula is C12H19NO2S. The molecule has 2 heterocycles. The highest BCUT2D eigenvalue weighted by atomic mass is 32.1. The van der Waals surface area contributed by atoms with E-state index in [4.69, 9.17) is 9.47 Å². The Hall–Kier alpha value is -0.420. The van der Waals surface area contributed by atoms with Crippen molar-refractivity contribution in [1.29, 1.82) is 0 Å². The minimum Gasteiger partial charge on any atom is -0.379 e. The van der Waals surface area contributed by atoms with Crippen molar-refractivity contribution in [2.75, 3.05) is 26.4 Å². The molecule has 1 fully saturated rings. The first kappa shape index (κ1) is 12.0. The fraction of sp³-hybridized carbons (Fsp3) is 0.667. The molecule has 4 heteroatoms. The summed E-state index contributed by atoms with van der Waals surface area (Å²) >= 11 is 1.80. The molecule has 0 amide bonds. The number of rotatable bonds is 7. The van der Waals surface area contributed by atoms with Crippen LogP contribution >= 0.6 is 11.3 Å². The van der Waals surface area contributed by atoms with E-state index in [-0.39, 0.29) is 0 Å². The van der Waals surface area contributed by atoms with Gasteiger partial charge in [-0.2, -0.15) is 0 Å². The van der Waals surface area contributed by atoms with Crippen molar-refractivity contribution in [3.8, 4) is 0 Å². The molecule has 0 saturated carbocycles. The lowest BCUT2D eigenvalue weighted by Crippen LogP contribution is -2.18. The Bertz CT molecular complexity index is 271. The van der Waals surface area contributed by atoms with E-state index >= 15 is 0 Å². The molecule has 1 aliphatic heterocycles. The number of hydrogen-bond donors (Lipinski definition) is 1. The standard InChI is InChI=1S/C12H19NO2S/c1-3-12(16-8-1)9-13-5-2-6-15-11-4-7-14-10-11/h1,3,8,11,13H,2,4-7,9-10H2. The molecule has 1 atom stereocenters. The molecule has 1 aromatic rings. The van der Waals surface area contributed by atoms with E-state index < -0.39 is 0 Å². The van der Waals surface area contributed by atoms with Crippen LogP contribution in [-0.4, -0.2) is 32.5 Å². The Balaban J connectivity index is 1.43. The summed E-state index contributed by atoms with van der Waals surface area (Å²) in [5.74, 6) is 0. The van der Waals surface area contributed by atoms with Crippen LogP contribution in [-0.2, 0) is 16.0 Å². The fourth-order valence-electron chi connectivity index (χ4n) is 1.72. The van der Waals surface area contributed by atoms with Gasteiger partial charge in [0.1, 0.15) is 0 Å². The zero-order chi connectivity index (χ0) is 11.1. The van der Waals surface area contributed by atoms with Crippen LogP contribution in [0.2, 0.25) is 0 Å². The van der Waals surface area contributed by atoms with Crippen LogP contribution in [0.25, 0.3) is 0 Å². The van der Waals surface area contributed by atoms with Gasteiger partial charge in [-0.05, 0) is 30.8 Å². The maximum atomic E-state index is 5.68. The molecule has 90 valence electrons. The van der Waals surface area contributed by atoms with Gasteiger partial charge in [-0.1, -0.05) is 6.07 Å². The van der Waals surface area contributed by atoms with Gasteiger partial charge in [0.25, 0.3) is 0 Å². The topological polar surface area (TPSA) is 30.5 Å². The second kappa shape index (κ2) is 7.01. The summed E-state index contributed by atoms with van der Waals surface area (Å²) in [6, 6.07) is 4.24. The smallest absolute Gasteiger partial charge is 0.0830 e. The molecule has 1 unspecified atom stereocenters. The van der Waals surface area contributed by atoms with E-state index in [0.717, 1.165) is 45.8 Å². The van der Waals surface area contributed by atoms with Gasteiger partial charge in [-0.3, -0.25) is 0 Å². The van der Waals surface area contributed by atoms with Crippen molar-refractivity contribution in [1.82, 2.24) is 5.32 Å². The van der Waals surface area contributed by atoms with Crippen LogP contribution in [0.15, 0.2) is 17.5 Å². The minimum absolute atomic E-state index is 0.345. The lowest BCUT2D eigenvalue weighted by Gasteiger charge is -2.09. The Morgan fingerprint density at radius 1 is 1.56 bits per heavy atom. The summed E-state index contributed by atoms with van der Waals surface area (Å²) in [4.78, 5) is 1.39. The average Bonchev–Trinajstić information content (AvgIpc) is 2.96. The van der Waals surface area contributed by atoms with Crippen LogP contribution in [0.5, 0.6) is 0 Å². The highest BCUT2D eigenvalue weighted by Gasteiger charge is 2.14. The zero-order valence-corrected chi connectivity index (χ0v) is 10.3. The van der Waals surface area contributed by atoms with Crippen molar-refractivity contribution in [3.05, 3.63) is 22.4 Å². The van der Waals surface area contributed by atoms with Gasteiger partial charge in [0.2, 0.25) is 0 Å². The highest BCUT2D eigenvalue weighted by molar-refractivity contribution is 7.09. The predicted octanol–water partition coefficient (Wildman–Crippen LogP) is 2.03. The molecule has 0 radical (unpaired) electrons. The molecule has 0 bridgehead atoms. The number of ether oxygens (including phenoxy) is 2. The van der Waals surface area contributed by atoms with Crippen molar-refractivity contribution < 1.29 is 9.47 Å². The molecular weight excluding hydrogens is 222 g/mol. The summed E-state index contributed by atoms with van der Waals surface area (Å²) < 4.78 is 10.9. The molecule has 0 spiro atoms. The molecule has 2 rings (SSSR count). The highest BCUT2D eigenvalue weighted by Crippen LogP contribution is 2.08. The normalized spacial score (nSPS) is 20.4. The molecule has 1 N–H and O–H groups in total. The van der Waals surface area contributed by atoms with Gasteiger partial charge in [0.15, 0.2) is 0 Å². The maximum absolute atomic E-state index is 5.68. The van der Waals surface area contributed by atoms with Crippen molar-refractivity contribution in [3.63, 3.8) is 0 Å². The first-order valence-corrected chi connectivity index (χ1v) is 6.75. The van der Waals surface area contributed by atoms with Gasteiger partial charge in [-0.25, -0.2) is 0 Å². The second-order valence-electron chi connectivity index (χ2n) is 3.97. The first-order chi connectivity index (χ1) is 7.95. The summed E-state index contributed by atoms with van der Waals surface area (Å²) in [7, 11) is 0. The van der Waals surface area contributed by atoms with E-state index in [0.29, 0.717) is 6.10 Å². The quantitative estimate of drug-likeness (QED) is 0.741. The number of hydrogen-bond acceptors (Lipinski definition) is 4. The van der Waals surface area contributed by atoms with E-state index in [1.54, 1.807) is 11.3 Å². The second-order valence-corrected chi connectivity index (χ2v) is 5.00. The number of thiophene rings is 1. The maximum Gasteiger partial charge on any atom is 0.0830 e. The van der Waals surface area contributed by atoms with Crippen molar-refractivity contribution in [2.45, 2.75) is 25.5 Å². The van der Waals surface area contributed by atoms with Gasteiger partial charge in [0.05, 0.1) is 12.7 Å². The van der Waals surface area contributed by atoms with Crippen LogP contribution in [0, 0.1) is 0 Å². The summed E-state index contributed by atoms with van der Waals surface area (Å²) in [6.45, 7) is 4.48. The third-order valence-electron chi connectivity index (χ3n) is 2.62. The van der Waals surface area contributed by atoms with E-state index in [2.05, 4.69) is 22.8 Å². The van der Waals surface area contributed by atoms with Crippen LogP contribution in [0.1, 0.15) is 17.7 Å². The lowest BCUT2D eigenvalue weighted by molar-refractivity contribution is 0.0416. The Morgan fingerprint density at radius 2 is 2.56 bits per heavy atom. The van der Waals surface area contributed by atoms with Gasteiger partial charge in [-0.15, -0.1) is 11.3 Å². The Kier molecular flexibility index (Phi) is 5.28. The summed E-state index contributed by atoms with van der Waals surface area (Å²) in [5.41, 5.74) is 0. The van der Waals surface area contributed by atoms with E-state index in [1.807, 2.05) is 0 Å². The Morgan fingerprint density at radius 3 is 3.31 bits per heavy atom. The first-order valence-electron chi connectivity index (χ1n) is 5.87. The molecule has 16 heavy (non-hydrogen) atoms. The predicted molar refractivity (Wildman–Crippen MR) is 65.8 cm³/mol. The van der Waals surface area contributed by atoms with Gasteiger partial charge >= 0.3 is 0 Å². The third-order valence-corrected chi connectivity index (χ3v) is 3.50. The van der Waals surface area contributed by atoms with Gasteiger partial charge in [0, 0.05) is 24.6 Å². The summed E-state index contributed by atoms with van der Waals surface area (Å²) in [6.07, 6.45) is 2.47. The summed E-state index contributed by atoms with van der Waals surface area (Å²) in [5, 5.41) is 5.52. The largest absolute Gasteiger partial charge is 0.379 e. The fourth-order valence-corrected chi connectivity index (χ4v) is 2.39. The number of nitrogens with one attached hydrogen (secondary N) is 1. The third kappa shape index (κ3) is 4.22. The average molecular weight is 241 g/mol. The van der Waals surface area contributed by atoms with Crippen molar-refractivity contribution >= 4 is 11.3 Å².